The lowest BCUT2D eigenvalue weighted by Crippen LogP contribution is -2.29. The molecule has 4 heteroatoms. The van der Waals surface area contributed by atoms with Crippen molar-refractivity contribution in [1.82, 2.24) is 9.88 Å². The van der Waals surface area contributed by atoms with Crippen LogP contribution in [0.5, 0.6) is 0 Å². The maximum atomic E-state index is 11.1. The van der Waals surface area contributed by atoms with Gasteiger partial charge < -0.3 is 9.88 Å². The van der Waals surface area contributed by atoms with E-state index in [-0.39, 0.29) is 5.91 Å². The Labute approximate surface area is 90.1 Å². The largest absolute Gasteiger partial charge is 0.352 e. The van der Waals surface area contributed by atoms with E-state index < -0.39 is 0 Å². The summed E-state index contributed by atoms with van der Waals surface area (Å²) in [5.41, 5.74) is 0.585. The van der Waals surface area contributed by atoms with Crippen molar-refractivity contribution in [3.63, 3.8) is 0 Å². The first-order valence-electron chi connectivity index (χ1n) is 5.20. The zero-order valence-corrected chi connectivity index (χ0v) is 11.6. The third-order valence-electron chi connectivity index (χ3n) is 2.00. The molecule has 0 atom stereocenters. The second-order valence-electron chi connectivity index (χ2n) is 3.69. The minimum atomic E-state index is -0.0274. The standard InChI is InChI=1S/C10H22N2OSi/c1-4-7-12(14)8-5-6-11-10(13)9(2)3/h2,4-8H2,1,3,14H3,(H,11,13). The summed E-state index contributed by atoms with van der Waals surface area (Å²) in [5.74, 6) is -0.0274. The van der Waals surface area contributed by atoms with Crippen LogP contribution in [0.25, 0.3) is 0 Å². The molecule has 0 saturated carbocycles. The molecule has 0 radical (unpaired) electrons. The molecule has 14 heavy (non-hydrogen) atoms. The Kier molecular flexibility index (Phi) is 7.42. The van der Waals surface area contributed by atoms with E-state index in [1.54, 1.807) is 6.92 Å². The fraction of sp³-hybridized carbons (Fsp3) is 0.700. The molecular weight excluding hydrogens is 192 g/mol. The highest BCUT2D eigenvalue weighted by atomic mass is 28.2. The van der Waals surface area contributed by atoms with Crippen LogP contribution in [0.3, 0.4) is 0 Å². The van der Waals surface area contributed by atoms with Gasteiger partial charge in [0.25, 0.3) is 0 Å². The molecule has 0 saturated heterocycles. The highest BCUT2D eigenvalue weighted by molar-refractivity contribution is 6.04. The van der Waals surface area contributed by atoms with Crippen LogP contribution in [-0.4, -0.2) is 40.5 Å². The van der Waals surface area contributed by atoms with E-state index in [1.807, 2.05) is 0 Å². The number of hydrogen-bond donors (Lipinski definition) is 1. The van der Waals surface area contributed by atoms with Gasteiger partial charge in [0.2, 0.25) is 5.91 Å². The van der Waals surface area contributed by atoms with Gasteiger partial charge >= 0.3 is 0 Å². The molecule has 0 heterocycles. The second-order valence-corrected chi connectivity index (χ2v) is 4.96. The van der Waals surface area contributed by atoms with Crippen molar-refractivity contribution in [2.75, 3.05) is 19.6 Å². The Morgan fingerprint density at radius 2 is 2.14 bits per heavy atom. The summed E-state index contributed by atoms with van der Waals surface area (Å²) in [6, 6.07) is 0. The SMILES string of the molecule is C=C(C)C(=O)NCCCN([SiH3])CCC. The molecule has 0 rings (SSSR count). The Balaban J connectivity index is 3.37. The van der Waals surface area contributed by atoms with Crippen LogP contribution >= 0.6 is 0 Å². The fourth-order valence-electron chi connectivity index (χ4n) is 1.20. The number of amides is 1. The van der Waals surface area contributed by atoms with E-state index in [0.717, 1.165) is 29.9 Å². The lowest BCUT2D eigenvalue weighted by molar-refractivity contribution is -0.117. The lowest BCUT2D eigenvalue weighted by Gasteiger charge is -2.15. The number of rotatable bonds is 7. The van der Waals surface area contributed by atoms with Crippen LogP contribution < -0.4 is 5.32 Å². The summed E-state index contributed by atoms with van der Waals surface area (Å²) >= 11 is 0. The van der Waals surface area contributed by atoms with Gasteiger partial charge in [-0.15, -0.1) is 0 Å². The average Bonchev–Trinajstić information content (AvgIpc) is 2.12. The van der Waals surface area contributed by atoms with E-state index in [9.17, 15) is 4.79 Å². The average molecular weight is 214 g/mol. The van der Waals surface area contributed by atoms with E-state index in [2.05, 4.69) is 23.4 Å². The molecule has 1 N–H and O–H groups in total. The lowest BCUT2D eigenvalue weighted by atomic mass is 10.3. The highest BCUT2D eigenvalue weighted by Gasteiger charge is 2.00. The first-order chi connectivity index (χ1) is 6.57. The van der Waals surface area contributed by atoms with Crippen LogP contribution in [0.2, 0.25) is 0 Å². The van der Waals surface area contributed by atoms with Crippen molar-refractivity contribution >= 4 is 16.3 Å². The van der Waals surface area contributed by atoms with Gasteiger partial charge in [-0.05, 0) is 32.9 Å². The summed E-state index contributed by atoms with van der Waals surface area (Å²) in [5, 5.41) is 2.83. The van der Waals surface area contributed by atoms with Crippen molar-refractivity contribution < 1.29 is 4.79 Å². The van der Waals surface area contributed by atoms with Crippen molar-refractivity contribution in [3.05, 3.63) is 12.2 Å². The third kappa shape index (κ3) is 6.86. The third-order valence-corrected chi connectivity index (χ3v) is 2.89. The van der Waals surface area contributed by atoms with Crippen molar-refractivity contribution in [1.29, 1.82) is 0 Å². The van der Waals surface area contributed by atoms with Gasteiger partial charge in [-0.2, -0.15) is 0 Å². The predicted octanol–water partition coefficient (Wildman–Crippen LogP) is 0.0612. The number of carbonyl (C=O) groups is 1. The van der Waals surface area contributed by atoms with Crippen LogP contribution in [0.15, 0.2) is 12.2 Å². The van der Waals surface area contributed by atoms with E-state index in [0.29, 0.717) is 5.57 Å². The molecular formula is C10H22N2OSi. The molecule has 0 aromatic rings. The first-order valence-corrected chi connectivity index (χ1v) is 6.09. The fourth-order valence-corrected chi connectivity index (χ4v) is 1.96. The first kappa shape index (κ1) is 13.4. The summed E-state index contributed by atoms with van der Waals surface area (Å²) < 4.78 is 2.41. The summed E-state index contributed by atoms with van der Waals surface area (Å²) in [6.07, 6.45) is 2.24. The second kappa shape index (κ2) is 7.76. The van der Waals surface area contributed by atoms with Crippen LogP contribution in [0.4, 0.5) is 0 Å². The number of hydrogen-bond acceptors (Lipinski definition) is 2. The van der Waals surface area contributed by atoms with Gasteiger partial charge in [0.05, 0.1) is 10.4 Å². The monoisotopic (exact) mass is 214 g/mol. The minimum Gasteiger partial charge on any atom is -0.352 e. The van der Waals surface area contributed by atoms with E-state index in [1.165, 1.54) is 13.0 Å². The number of nitrogens with zero attached hydrogens (tertiary/aromatic N) is 1. The number of carbonyl (C=O) groups excluding carboxylic acids is 1. The Bertz CT molecular complexity index is 195. The maximum absolute atomic E-state index is 11.1. The van der Waals surface area contributed by atoms with Gasteiger partial charge in [-0.25, -0.2) is 0 Å². The molecule has 3 nitrogen and oxygen atoms in total. The van der Waals surface area contributed by atoms with Gasteiger partial charge in [-0.1, -0.05) is 13.5 Å². The Morgan fingerprint density at radius 1 is 1.50 bits per heavy atom. The van der Waals surface area contributed by atoms with Gasteiger partial charge in [0, 0.05) is 12.1 Å². The predicted molar refractivity (Wildman–Crippen MR) is 64.2 cm³/mol. The quantitative estimate of drug-likeness (QED) is 0.369. The molecule has 0 aliphatic heterocycles. The van der Waals surface area contributed by atoms with Crippen molar-refractivity contribution in [3.8, 4) is 0 Å². The topological polar surface area (TPSA) is 32.3 Å². The summed E-state index contributed by atoms with van der Waals surface area (Å²) in [4.78, 5) is 11.1. The van der Waals surface area contributed by atoms with E-state index >= 15 is 0 Å². The zero-order valence-electron chi connectivity index (χ0n) is 9.60. The molecule has 0 aliphatic rings. The van der Waals surface area contributed by atoms with Gasteiger partial charge in [0.1, 0.15) is 0 Å². The van der Waals surface area contributed by atoms with Gasteiger partial charge in [-0.3, -0.25) is 4.79 Å². The summed E-state index contributed by atoms with van der Waals surface area (Å²) in [7, 11) is 1.11. The highest BCUT2D eigenvalue weighted by Crippen LogP contribution is 1.89. The molecule has 0 aromatic carbocycles. The normalized spacial score (nSPS) is 10.5. The van der Waals surface area contributed by atoms with E-state index in [4.69, 9.17) is 0 Å². The van der Waals surface area contributed by atoms with Crippen LogP contribution in [0, 0.1) is 0 Å². The Hall–Kier alpha value is -0.613. The molecule has 0 bridgehead atoms. The molecule has 0 spiro atoms. The Morgan fingerprint density at radius 3 is 2.64 bits per heavy atom. The van der Waals surface area contributed by atoms with Crippen LogP contribution in [0.1, 0.15) is 26.7 Å². The van der Waals surface area contributed by atoms with Gasteiger partial charge in [0.15, 0.2) is 0 Å². The van der Waals surface area contributed by atoms with Crippen LogP contribution in [-0.2, 0) is 4.79 Å². The molecule has 0 unspecified atom stereocenters. The van der Waals surface area contributed by atoms with Crippen molar-refractivity contribution in [2.45, 2.75) is 26.7 Å². The minimum absolute atomic E-state index is 0.0274. The molecule has 0 aliphatic carbocycles. The smallest absolute Gasteiger partial charge is 0.246 e. The molecule has 0 fully saturated rings. The maximum Gasteiger partial charge on any atom is 0.246 e. The van der Waals surface area contributed by atoms with Crippen molar-refractivity contribution in [2.24, 2.45) is 0 Å². The molecule has 82 valence electrons. The number of nitrogens with one attached hydrogen (secondary N) is 1. The molecule has 1 amide bonds. The summed E-state index contributed by atoms with van der Waals surface area (Å²) in [6.45, 7) is 10.5. The zero-order chi connectivity index (χ0) is 11.0. The molecule has 0 aromatic heterocycles.